The number of anilines is 1. The van der Waals surface area contributed by atoms with E-state index < -0.39 is 0 Å². The molecule has 1 aliphatic heterocycles. The van der Waals surface area contributed by atoms with Crippen molar-refractivity contribution in [3.8, 4) is 5.75 Å². The van der Waals surface area contributed by atoms with E-state index in [2.05, 4.69) is 32.5 Å². The second-order valence-corrected chi connectivity index (χ2v) is 8.43. The molecule has 1 aliphatic carbocycles. The maximum atomic E-state index is 12.3. The van der Waals surface area contributed by atoms with Gasteiger partial charge in [-0.1, -0.05) is 18.2 Å². The molecule has 1 aromatic heterocycles. The number of nitrogens with one attached hydrogen (secondary N) is 3. The lowest BCUT2D eigenvalue weighted by Gasteiger charge is -2.32. The zero-order chi connectivity index (χ0) is 23.2. The monoisotopic (exact) mass is 471 g/mol. The number of ether oxygens (including phenoxy) is 2. The predicted molar refractivity (Wildman–Crippen MR) is 123 cm³/mol. The van der Waals surface area contributed by atoms with Gasteiger partial charge in [-0.3, -0.25) is 9.59 Å². The summed E-state index contributed by atoms with van der Waals surface area (Å²) >= 11 is 6.28. The second kappa shape index (κ2) is 10.6. The summed E-state index contributed by atoms with van der Waals surface area (Å²) in [6, 6.07) is 5.13. The topological polar surface area (TPSA) is 114 Å². The van der Waals surface area contributed by atoms with E-state index in [1.807, 2.05) is 0 Å². The summed E-state index contributed by atoms with van der Waals surface area (Å²) in [6.07, 6.45) is 7.10. The average Bonchev–Trinajstić information content (AvgIpc) is 3.64. The first-order chi connectivity index (χ1) is 16.0. The molecule has 4 rings (SSSR count). The number of carbonyl (C=O) groups is 2. The average molecular weight is 472 g/mol. The van der Waals surface area contributed by atoms with E-state index in [4.69, 9.17) is 21.1 Å². The number of halogens is 1. The van der Waals surface area contributed by atoms with Crippen molar-refractivity contribution in [2.75, 3.05) is 18.5 Å². The predicted octanol–water partition coefficient (Wildman–Crippen LogP) is 2.47. The van der Waals surface area contributed by atoms with Crippen LogP contribution in [0.2, 0.25) is 5.02 Å². The summed E-state index contributed by atoms with van der Waals surface area (Å²) in [5, 5.41) is 9.57. The fourth-order valence-electron chi connectivity index (χ4n) is 3.41. The fraction of sp³-hybridized carbons (Fsp3) is 0.391. The van der Waals surface area contributed by atoms with Crippen LogP contribution in [0.1, 0.15) is 35.2 Å². The maximum absolute atomic E-state index is 12.3. The van der Waals surface area contributed by atoms with E-state index in [1.165, 1.54) is 6.08 Å². The van der Waals surface area contributed by atoms with Crippen molar-refractivity contribution < 1.29 is 19.1 Å². The summed E-state index contributed by atoms with van der Waals surface area (Å²) < 4.78 is 11.2. The Bertz CT molecular complexity index is 1010. The molecule has 2 aromatic rings. The molecule has 9 nitrogen and oxygen atoms in total. The lowest BCUT2D eigenvalue weighted by atomic mass is 10.0. The molecule has 0 spiro atoms. The largest absolute Gasteiger partial charge is 0.486 e. The minimum atomic E-state index is -0.255. The third-order valence-electron chi connectivity index (χ3n) is 5.43. The minimum Gasteiger partial charge on any atom is -0.486 e. The van der Waals surface area contributed by atoms with Crippen molar-refractivity contribution in [2.45, 2.75) is 44.0 Å². The molecule has 2 aliphatic rings. The van der Waals surface area contributed by atoms with Crippen LogP contribution < -0.4 is 20.7 Å². The highest BCUT2D eigenvalue weighted by Crippen LogP contribution is 2.23. The molecule has 2 atom stereocenters. The molecule has 3 N–H and O–H groups in total. The first kappa shape index (κ1) is 23.0. The Hall–Kier alpha value is -3.17. The van der Waals surface area contributed by atoms with Gasteiger partial charge in [0.15, 0.2) is 5.75 Å². The third kappa shape index (κ3) is 6.43. The van der Waals surface area contributed by atoms with E-state index in [9.17, 15) is 9.59 Å². The normalized spacial score (nSPS) is 19.9. The Morgan fingerprint density at radius 2 is 1.97 bits per heavy atom. The van der Waals surface area contributed by atoms with Crippen LogP contribution in [0.4, 0.5) is 5.95 Å². The molecule has 174 valence electrons. The Labute approximate surface area is 196 Å². The van der Waals surface area contributed by atoms with Crippen molar-refractivity contribution in [3.63, 3.8) is 0 Å². The van der Waals surface area contributed by atoms with E-state index >= 15 is 0 Å². The molecule has 0 bridgehead atoms. The smallest absolute Gasteiger partial charge is 0.251 e. The summed E-state index contributed by atoms with van der Waals surface area (Å²) in [5.74, 6) is 0.524. The van der Waals surface area contributed by atoms with Crippen LogP contribution in [0, 0.1) is 0 Å². The third-order valence-corrected chi connectivity index (χ3v) is 5.80. The van der Waals surface area contributed by atoms with Gasteiger partial charge in [0.25, 0.3) is 5.91 Å². The Morgan fingerprint density at radius 3 is 2.70 bits per heavy atom. The highest BCUT2D eigenvalue weighted by atomic mass is 35.5. The number of hydrogen-bond donors (Lipinski definition) is 3. The summed E-state index contributed by atoms with van der Waals surface area (Å²) in [4.78, 5) is 32.5. The standard InChI is InChI=1S/C23H26ClN5O4/c1-2-21(30)28-20-13-32-8-7-19(20)29-23-25-10-17(11-26-23)33-12-15-9-14(3-6-18(15)24)22(31)27-16-4-5-16/h2-3,6,9-11,16,19-20H,1,4-5,7-8,12-13H2,(H,27,31)(H,28,30)(H,25,26,29)/t19-,20+/m1/s1. The molecular weight excluding hydrogens is 446 g/mol. The fourth-order valence-corrected chi connectivity index (χ4v) is 3.58. The molecule has 0 radical (unpaired) electrons. The van der Waals surface area contributed by atoms with E-state index in [1.54, 1.807) is 30.6 Å². The maximum Gasteiger partial charge on any atom is 0.251 e. The van der Waals surface area contributed by atoms with Crippen LogP contribution in [0.5, 0.6) is 5.75 Å². The molecule has 0 unspecified atom stereocenters. The molecule has 1 aromatic carbocycles. The Balaban J connectivity index is 1.33. The van der Waals surface area contributed by atoms with Crippen LogP contribution >= 0.6 is 11.6 Å². The Morgan fingerprint density at radius 1 is 1.18 bits per heavy atom. The number of benzene rings is 1. The van der Waals surface area contributed by atoms with Gasteiger partial charge in [0.1, 0.15) is 6.61 Å². The molecule has 2 fully saturated rings. The zero-order valence-corrected chi connectivity index (χ0v) is 18.8. The highest BCUT2D eigenvalue weighted by molar-refractivity contribution is 6.31. The van der Waals surface area contributed by atoms with Crippen LogP contribution in [-0.4, -0.2) is 53.1 Å². The first-order valence-corrected chi connectivity index (χ1v) is 11.2. The van der Waals surface area contributed by atoms with Gasteiger partial charge in [-0.05, 0) is 43.5 Å². The molecule has 1 saturated carbocycles. The van der Waals surface area contributed by atoms with E-state index in [-0.39, 0.29) is 36.5 Å². The number of hydrogen-bond acceptors (Lipinski definition) is 7. The van der Waals surface area contributed by atoms with Crippen molar-refractivity contribution in [2.24, 2.45) is 0 Å². The summed E-state index contributed by atoms with van der Waals surface area (Å²) in [7, 11) is 0. The molecule has 33 heavy (non-hydrogen) atoms. The molecule has 2 heterocycles. The van der Waals surface area contributed by atoms with Crippen LogP contribution in [0.3, 0.4) is 0 Å². The number of carbonyl (C=O) groups excluding carboxylic acids is 2. The van der Waals surface area contributed by atoms with Gasteiger partial charge >= 0.3 is 0 Å². The van der Waals surface area contributed by atoms with Gasteiger partial charge in [-0.15, -0.1) is 0 Å². The van der Waals surface area contributed by atoms with Gasteiger partial charge in [0.05, 0.1) is 31.1 Å². The van der Waals surface area contributed by atoms with E-state index in [0.717, 1.165) is 12.8 Å². The SMILES string of the molecule is C=CC(=O)N[C@H]1COCC[C@H]1Nc1ncc(OCc2cc(C(=O)NC3CC3)ccc2Cl)cn1. The van der Waals surface area contributed by atoms with Crippen LogP contribution in [0.25, 0.3) is 0 Å². The van der Waals surface area contributed by atoms with Crippen molar-refractivity contribution in [1.29, 1.82) is 0 Å². The van der Waals surface area contributed by atoms with Gasteiger partial charge in [0, 0.05) is 28.8 Å². The minimum absolute atomic E-state index is 0.0715. The van der Waals surface area contributed by atoms with Crippen molar-refractivity contribution in [3.05, 3.63) is 59.4 Å². The molecule has 10 heteroatoms. The van der Waals surface area contributed by atoms with Gasteiger partial charge < -0.3 is 25.4 Å². The van der Waals surface area contributed by atoms with Crippen molar-refractivity contribution >= 4 is 29.4 Å². The molecule has 2 amide bonds. The van der Waals surface area contributed by atoms with Crippen molar-refractivity contribution in [1.82, 2.24) is 20.6 Å². The summed E-state index contributed by atoms with van der Waals surface area (Å²) in [6.45, 7) is 4.63. The zero-order valence-electron chi connectivity index (χ0n) is 18.1. The van der Waals surface area contributed by atoms with E-state index in [0.29, 0.717) is 47.5 Å². The number of rotatable bonds is 9. The Kier molecular flexibility index (Phi) is 7.41. The van der Waals surface area contributed by atoms with Gasteiger partial charge in [-0.25, -0.2) is 9.97 Å². The second-order valence-electron chi connectivity index (χ2n) is 8.02. The van der Waals surface area contributed by atoms with Crippen LogP contribution in [-0.2, 0) is 16.1 Å². The van der Waals surface area contributed by atoms with Crippen LogP contribution in [0.15, 0.2) is 43.2 Å². The first-order valence-electron chi connectivity index (χ1n) is 10.8. The van der Waals surface area contributed by atoms with Gasteiger partial charge in [0.2, 0.25) is 11.9 Å². The molecule has 1 saturated heterocycles. The number of aromatic nitrogens is 2. The van der Waals surface area contributed by atoms with Gasteiger partial charge in [-0.2, -0.15) is 0 Å². The summed E-state index contributed by atoms with van der Waals surface area (Å²) in [5.41, 5.74) is 1.25. The number of nitrogens with zero attached hydrogens (tertiary/aromatic N) is 2. The highest BCUT2D eigenvalue weighted by Gasteiger charge is 2.27. The quantitative estimate of drug-likeness (QED) is 0.481. The number of amides is 2. The lowest BCUT2D eigenvalue weighted by Crippen LogP contribution is -2.52. The lowest BCUT2D eigenvalue weighted by molar-refractivity contribution is -0.118. The molecular formula is C23H26ClN5O4.